The van der Waals surface area contributed by atoms with E-state index in [1.807, 2.05) is 0 Å². The summed E-state index contributed by atoms with van der Waals surface area (Å²) in [5.74, 6) is 3.92. The van der Waals surface area contributed by atoms with Crippen LogP contribution in [0.2, 0.25) is 0 Å². The van der Waals surface area contributed by atoms with Crippen LogP contribution in [0.3, 0.4) is 0 Å². The predicted octanol–water partition coefficient (Wildman–Crippen LogP) is 10.0. The molecule has 3 saturated carbocycles. The number of ether oxygens (including phenoxy) is 1. The molecule has 3 fully saturated rings. The van der Waals surface area contributed by atoms with Crippen LogP contribution in [0.15, 0.2) is 24.5 Å². The minimum Gasteiger partial charge on any atom is -0.462 e. The fourth-order valence-electron chi connectivity index (χ4n) is 7.75. The van der Waals surface area contributed by atoms with Crippen LogP contribution < -0.4 is 4.74 Å². The first kappa shape index (κ1) is 26.7. The molecule has 1 aromatic carbocycles. The Hall–Kier alpha value is -1.38. The molecule has 0 radical (unpaired) electrons. The molecule has 0 bridgehead atoms. The molecule has 1 aromatic rings. The van der Waals surface area contributed by atoms with E-state index in [1.54, 1.807) is 25.1 Å². The maximum absolute atomic E-state index is 14.5. The van der Waals surface area contributed by atoms with Crippen molar-refractivity contribution < 1.29 is 13.5 Å². The molecule has 0 atom stereocenters. The van der Waals surface area contributed by atoms with Gasteiger partial charge in [0.15, 0.2) is 11.6 Å². The van der Waals surface area contributed by atoms with E-state index in [0.717, 1.165) is 36.0 Å². The highest BCUT2D eigenvalue weighted by molar-refractivity contribution is 5.31. The van der Waals surface area contributed by atoms with Crippen LogP contribution in [0.4, 0.5) is 8.78 Å². The molecule has 0 aromatic heterocycles. The number of hydrogen-bond acceptors (Lipinski definition) is 1. The molecule has 196 valence electrons. The Morgan fingerprint density at radius 3 is 1.69 bits per heavy atom. The first-order valence-electron chi connectivity index (χ1n) is 14.8. The van der Waals surface area contributed by atoms with Crippen molar-refractivity contribution >= 4 is 0 Å². The summed E-state index contributed by atoms with van der Waals surface area (Å²) < 4.78 is 33.9. The molecule has 0 spiro atoms. The van der Waals surface area contributed by atoms with Crippen molar-refractivity contribution in [3.63, 3.8) is 0 Å². The molecule has 0 amide bonds. The molecule has 3 aliphatic carbocycles. The van der Waals surface area contributed by atoms with Crippen LogP contribution >= 0.6 is 0 Å². The van der Waals surface area contributed by atoms with Crippen molar-refractivity contribution in [2.45, 2.75) is 117 Å². The molecule has 0 heterocycles. The second kappa shape index (κ2) is 13.2. The van der Waals surface area contributed by atoms with Crippen LogP contribution in [0.25, 0.3) is 0 Å². The van der Waals surface area contributed by atoms with Gasteiger partial charge in [-0.15, -0.1) is 0 Å². The Kier molecular flexibility index (Phi) is 10.1. The smallest absolute Gasteiger partial charge is 0.201 e. The van der Waals surface area contributed by atoms with Crippen molar-refractivity contribution in [3.05, 3.63) is 41.7 Å². The second-order valence-corrected chi connectivity index (χ2v) is 12.0. The Morgan fingerprint density at radius 2 is 1.20 bits per heavy atom. The highest BCUT2D eigenvalue weighted by atomic mass is 19.2. The highest BCUT2D eigenvalue weighted by Crippen LogP contribution is 2.46. The zero-order chi connectivity index (χ0) is 24.6. The Balaban J connectivity index is 1.16. The third kappa shape index (κ3) is 7.10. The van der Waals surface area contributed by atoms with Crippen molar-refractivity contribution in [3.8, 4) is 5.75 Å². The number of benzene rings is 1. The zero-order valence-electron chi connectivity index (χ0n) is 22.3. The van der Waals surface area contributed by atoms with E-state index in [0.29, 0.717) is 17.9 Å². The standard InChI is InChI=1S/C32H48F2O/c1-3-5-23-6-11-25(12-7-23)27-16-18-28(19-17-27)26-13-8-24(9-14-26)10-15-29-20-21-30(35-22-4-2)32(34)31(29)33/h4,20-28H,3,5-19H2,1-2H3. The lowest BCUT2D eigenvalue weighted by Crippen LogP contribution is -2.29. The van der Waals surface area contributed by atoms with Gasteiger partial charge in [0.1, 0.15) is 0 Å². The molecule has 3 aliphatic rings. The van der Waals surface area contributed by atoms with Gasteiger partial charge in [0.05, 0.1) is 6.26 Å². The summed E-state index contributed by atoms with van der Waals surface area (Å²) in [6, 6.07) is 3.25. The number of rotatable bonds is 9. The number of allylic oxidation sites excluding steroid dienone is 1. The molecule has 3 heteroatoms. The van der Waals surface area contributed by atoms with Gasteiger partial charge in [0, 0.05) is 0 Å². The molecular formula is C32H48F2O. The third-order valence-electron chi connectivity index (χ3n) is 9.91. The Morgan fingerprint density at radius 1 is 0.714 bits per heavy atom. The van der Waals surface area contributed by atoms with E-state index in [1.165, 1.54) is 96.2 Å². The highest BCUT2D eigenvalue weighted by Gasteiger charge is 2.34. The fourth-order valence-corrected chi connectivity index (χ4v) is 7.75. The average Bonchev–Trinajstić information content (AvgIpc) is 2.90. The van der Waals surface area contributed by atoms with Crippen LogP contribution in [0, 0.1) is 47.1 Å². The van der Waals surface area contributed by atoms with Gasteiger partial charge in [-0.3, -0.25) is 0 Å². The fraction of sp³-hybridized carbons (Fsp3) is 0.750. The molecule has 1 nitrogen and oxygen atoms in total. The minimum atomic E-state index is -0.867. The molecule has 0 N–H and O–H groups in total. The minimum absolute atomic E-state index is 0.0382. The lowest BCUT2D eigenvalue weighted by molar-refractivity contribution is 0.102. The summed E-state index contributed by atoms with van der Waals surface area (Å²) in [4.78, 5) is 0. The van der Waals surface area contributed by atoms with E-state index >= 15 is 0 Å². The normalized spacial score (nSPS) is 32.1. The van der Waals surface area contributed by atoms with Crippen molar-refractivity contribution in [2.24, 2.45) is 35.5 Å². The lowest BCUT2D eigenvalue weighted by atomic mass is 9.64. The summed E-state index contributed by atoms with van der Waals surface area (Å²) >= 11 is 0. The summed E-state index contributed by atoms with van der Waals surface area (Å²) in [6.07, 6.45) is 24.5. The van der Waals surface area contributed by atoms with Crippen LogP contribution in [-0.2, 0) is 6.42 Å². The van der Waals surface area contributed by atoms with Crippen molar-refractivity contribution in [1.82, 2.24) is 0 Å². The maximum Gasteiger partial charge on any atom is 0.201 e. The molecule has 4 rings (SSSR count). The van der Waals surface area contributed by atoms with Crippen LogP contribution in [-0.4, -0.2) is 0 Å². The summed E-state index contributed by atoms with van der Waals surface area (Å²) in [5.41, 5.74) is 0.486. The van der Waals surface area contributed by atoms with Gasteiger partial charge in [-0.1, -0.05) is 57.6 Å². The van der Waals surface area contributed by atoms with Crippen molar-refractivity contribution in [2.75, 3.05) is 0 Å². The molecule has 35 heavy (non-hydrogen) atoms. The van der Waals surface area contributed by atoms with Crippen LogP contribution in [0.1, 0.15) is 116 Å². The average molecular weight is 487 g/mol. The first-order chi connectivity index (χ1) is 17.1. The molecule has 0 unspecified atom stereocenters. The SMILES string of the molecule is CC=COc1ccc(CCC2CCC(C3CCC(C4CCC(CCC)CC4)CC3)CC2)c(F)c1F. The monoisotopic (exact) mass is 486 g/mol. The Labute approximate surface area is 213 Å². The summed E-state index contributed by atoms with van der Waals surface area (Å²) in [6.45, 7) is 4.12. The zero-order valence-corrected chi connectivity index (χ0v) is 22.3. The van der Waals surface area contributed by atoms with Gasteiger partial charge in [0.2, 0.25) is 5.82 Å². The number of hydrogen-bond donors (Lipinski definition) is 0. The number of aryl methyl sites for hydroxylation is 1. The molecular weight excluding hydrogens is 438 g/mol. The van der Waals surface area contributed by atoms with Gasteiger partial charge in [-0.25, -0.2) is 4.39 Å². The van der Waals surface area contributed by atoms with E-state index in [-0.39, 0.29) is 5.75 Å². The lowest BCUT2D eigenvalue weighted by Gasteiger charge is -2.41. The summed E-state index contributed by atoms with van der Waals surface area (Å²) in [5, 5.41) is 0. The topological polar surface area (TPSA) is 9.23 Å². The Bertz CT molecular complexity index is 794. The maximum atomic E-state index is 14.5. The third-order valence-corrected chi connectivity index (χ3v) is 9.91. The van der Waals surface area contributed by atoms with E-state index in [2.05, 4.69) is 6.92 Å². The van der Waals surface area contributed by atoms with Gasteiger partial charge >= 0.3 is 0 Å². The summed E-state index contributed by atoms with van der Waals surface area (Å²) in [7, 11) is 0. The van der Waals surface area contributed by atoms with Gasteiger partial charge in [-0.2, -0.15) is 4.39 Å². The van der Waals surface area contributed by atoms with E-state index in [4.69, 9.17) is 4.74 Å². The van der Waals surface area contributed by atoms with Crippen LogP contribution in [0.5, 0.6) is 5.75 Å². The molecule has 0 aliphatic heterocycles. The van der Waals surface area contributed by atoms with Gasteiger partial charge in [-0.05, 0) is 118 Å². The van der Waals surface area contributed by atoms with E-state index < -0.39 is 11.6 Å². The molecule has 0 saturated heterocycles. The number of halogens is 2. The van der Waals surface area contributed by atoms with Crippen molar-refractivity contribution in [1.29, 1.82) is 0 Å². The van der Waals surface area contributed by atoms with Gasteiger partial charge in [0.25, 0.3) is 0 Å². The van der Waals surface area contributed by atoms with E-state index in [9.17, 15) is 8.78 Å². The second-order valence-electron chi connectivity index (χ2n) is 12.0. The predicted molar refractivity (Wildman–Crippen MR) is 141 cm³/mol. The first-order valence-corrected chi connectivity index (χ1v) is 14.8. The van der Waals surface area contributed by atoms with Gasteiger partial charge < -0.3 is 4.74 Å². The quantitative estimate of drug-likeness (QED) is 0.315. The largest absolute Gasteiger partial charge is 0.462 e.